The molecule has 1 unspecified atom stereocenters. The van der Waals surface area contributed by atoms with Gasteiger partial charge < -0.3 is 19.8 Å². The number of H-pyrrole nitrogens is 1. The number of nitrogens with zero attached hydrogens (tertiary/aromatic N) is 2. The van der Waals surface area contributed by atoms with Crippen molar-refractivity contribution in [3.05, 3.63) is 41.7 Å². The van der Waals surface area contributed by atoms with Gasteiger partial charge in [0.2, 0.25) is 0 Å². The van der Waals surface area contributed by atoms with Crippen LogP contribution in [0.25, 0.3) is 22.4 Å². The van der Waals surface area contributed by atoms with Crippen LogP contribution in [-0.4, -0.2) is 60.8 Å². The third-order valence-corrected chi connectivity index (χ3v) is 7.97. The van der Waals surface area contributed by atoms with Crippen molar-refractivity contribution in [2.24, 2.45) is 5.92 Å². The molecule has 2 N–H and O–H groups in total. The normalized spacial score (nSPS) is 21.8. The predicted molar refractivity (Wildman–Crippen MR) is 142 cm³/mol. The van der Waals surface area contributed by atoms with Gasteiger partial charge in [0.05, 0.1) is 19.7 Å². The Bertz CT molecular complexity index is 1190. The van der Waals surface area contributed by atoms with Crippen LogP contribution in [0.2, 0.25) is 0 Å². The van der Waals surface area contributed by atoms with Crippen molar-refractivity contribution in [3.8, 4) is 22.9 Å². The summed E-state index contributed by atoms with van der Waals surface area (Å²) in [4.78, 5) is 10.7. The first-order valence-corrected chi connectivity index (χ1v) is 13.3. The van der Waals surface area contributed by atoms with Gasteiger partial charge in [-0.1, -0.05) is 13.8 Å². The number of imidazole rings is 1. The Labute approximate surface area is 213 Å². The first kappa shape index (κ1) is 25.0. The van der Waals surface area contributed by atoms with Gasteiger partial charge in [0.1, 0.15) is 11.3 Å². The van der Waals surface area contributed by atoms with E-state index in [0.29, 0.717) is 46.8 Å². The molecule has 36 heavy (non-hydrogen) atoms. The number of aromatic amines is 1. The average molecular weight is 495 g/mol. The molecule has 2 atom stereocenters. The van der Waals surface area contributed by atoms with E-state index in [1.54, 1.807) is 20.3 Å². The first-order valence-electron chi connectivity index (χ1n) is 13.3. The summed E-state index contributed by atoms with van der Waals surface area (Å²) >= 11 is 0. The van der Waals surface area contributed by atoms with Crippen LogP contribution >= 0.6 is 0 Å². The molecule has 3 aromatic rings. The maximum Gasteiger partial charge on any atom is 0.161 e. The number of aromatic nitrogens is 2. The van der Waals surface area contributed by atoms with E-state index in [1.807, 2.05) is 18.2 Å². The summed E-state index contributed by atoms with van der Waals surface area (Å²) in [6, 6.07) is 10.7. The van der Waals surface area contributed by atoms with Crippen LogP contribution in [0.1, 0.15) is 57.4 Å². The van der Waals surface area contributed by atoms with Crippen LogP contribution in [0.4, 0.5) is 4.39 Å². The van der Waals surface area contributed by atoms with Gasteiger partial charge in [-0.05, 0) is 99.5 Å². The summed E-state index contributed by atoms with van der Waals surface area (Å²) in [6.07, 6.45) is 5.81. The largest absolute Gasteiger partial charge is 0.493 e. The van der Waals surface area contributed by atoms with Crippen molar-refractivity contribution in [1.82, 2.24) is 20.2 Å². The van der Waals surface area contributed by atoms with Crippen LogP contribution in [0.3, 0.4) is 0 Å². The fraction of sp³-hybridized carbons (Fsp3) is 0.552. The highest BCUT2D eigenvalue weighted by atomic mass is 19.1. The van der Waals surface area contributed by atoms with E-state index in [4.69, 9.17) is 9.47 Å². The molecule has 2 aromatic carbocycles. The zero-order valence-electron chi connectivity index (χ0n) is 21.9. The van der Waals surface area contributed by atoms with Gasteiger partial charge in [0, 0.05) is 17.6 Å². The quantitative estimate of drug-likeness (QED) is 0.439. The van der Waals surface area contributed by atoms with Gasteiger partial charge in [-0.25, -0.2) is 9.37 Å². The van der Waals surface area contributed by atoms with Gasteiger partial charge in [-0.15, -0.1) is 0 Å². The SMILES string of the molecule is COc1ccc(-c2nc3c(F)cc(C4CCN(C5CCNCC5)[C@H](CC(C)C)C4)cc3[nH]2)cc1OC. The minimum absolute atomic E-state index is 0.258. The van der Waals surface area contributed by atoms with Crippen molar-refractivity contribution in [2.75, 3.05) is 33.9 Å². The molecule has 3 heterocycles. The number of hydrogen-bond donors (Lipinski definition) is 2. The molecule has 0 saturated carbocycles. The lowest BCUT2D eigenvalue weighted by molar-refractivity contribution is 0.0562. The summed E-state index contributed by atoms with van der Waals surface area (Å²) in [5.74, 6) is 2.64. The van der Waals surface area contributed by atoms with Crippen LogP contribution in [-0.2, 0) is 0 Å². The van der Waals surface area contributed by atoms with E-state index in [1.165, 1.54) is 19.3 Å². The van der Waals surface area contributed by atoms with Crippen molar-refractivity contribution >= 4 is 11.0 Å². The molecule has 2 fully saturated rings. The number of halogens is 1. The summed E-state index contributed by atoms with van der Waals surface area (Å²) in [5.41, 5.74) is 3.05. The van der Waals surface area contributed by atoms with E-state index < -0.39 is 0 Å². The molecule has 2 aliphatic rings. The molecule has 2 aliphatic heterocycles. The number of hydrogen-bond acceptors (Lipinski definition) is 5. The van der Waals surface area contributed by atoms with Crippen LogP contribution in [0.15, 0.2) is 30.3 Å². The second-order valence-electron chi connectivity index (χ2n) is 10.8. The standard InChI is InChI=1S/C29H39FN4O2/c1-18(2)13-23-14-19(9-12-34(23)22-7-10-31-11-8-22)21-15-24(30)28-25(16-21)32-29(33-28)20-5-6-26(35-3)27(17-20)36-4/h5-6,15-19,22-23,31H,7-14H2,1-4H3,(H,32,33)/t19?,23-/m1/s1. The average Bonchev–Trinajstić information content (AvgIpc) is 3.33. The molecule has 6 nitrogen and oxygen atoms in total. The monoisotopic (exact) mass is 494 g/mol. The van der Waals surface area contributed by atoms with E-state index in [0.717, 1.165) is 49.1 Å². The first-order chi connectivity index (χ1) is 17.5. The second-order valence-corrected chi connectivity index (χ2v) is 10.8. The molecular weight excluding hydrogens is 455 g/mol. The second kappa shape index (κ2) is 10.8. The maximum atomic E-state index is 15.3. The number of rotatable bonds is 7. The summed E-state index contributed by atoms with van der Waals surface area (Å²) < 4.78 is 26.1. The Morgan fingerprint density at radius 1 is 1.06 bits per heavy atom. The number of benzene rings is 2. The Hall–Kier alpha value is -2.64. The Morgan fingerprint density at radius 2 is 1.83 bits per heavy atom. The highest BCUT2D eigenvalue weighted by molar-refractivity contribution is 5.81. The van der Waals surface area contributed by atoms with Crippen molar-refractivity contribution < 1.29 is 13.9 Å². The maximum absolute atomic E-state index is 15.3. The lowest BCUT2D eigenvalue weighted by Gasteiger charge is -2.46. The summed E-state index contributed by atoms with van der Waals surface area (Å²) in [5, 5.41) is 3.50. The van der Waals surface area contributed by atoms with E-state index >= 15 is 4.39 Å². The van der Waals surface area contributed by atoms with Gasteiger partial charge in [-0.3, -0.25) is 4.90 Å². The number of piperidine rings is 2. The fourth-order valence-electron chi connectivity index (χ4n) is 6.22. The highest BCUT2D eigenvalue weighted by Gasteiger charge is 2.34. The summed E-state index contributed by atoms with van der Waals surface area (Å²) in [7, 11) is 3.22. The molecule has 2 saturated heterocycles. The van der Waals surface area contributed by atoms with Gasteiger partial charge in [0.25, 0.3) is 0 Å². The molecule has 0 bridgehead atoms. The summed E-state index contributed by atoms with van der Waals surface area (Å²) in [6.45, 7) is 7.95. The molecular formula is C29H39FN4O2. The molecule has 194 valence electrons. The minimum Gasteiger partial charge on any atom is -0.493 e. The van der Waals surface area contributed by atoms with Crippen LogP contribution in [0.5, 0.6) is 11.5 Å². The number of nitrogens with one attached hydrogen (secondary N) is 2. The third kappa shape index (κ3) is 5.09. The lowest BCUT2D eigenvalue weighted by Crippen LogP contribution is -2.51. The predicted octanol–water partition coefficient (Wildman–Crippen LogP) is 5.73. The number of likely N-dealkylation sites (tertiary alicyclic amines) is 1. The van der Waals surface area contributed by atoms with Crippen molar-refractivity contribution in [2.45, 2.75) is 64.0 Å². The third-order valence-electron chi connectivity index (χ3n) is 7.97. The van der Waals surface area contributed by atoms with Crippen molar-refractivity contribution in [3.63, 3.8) is 0 Å². The van der Waals surface area contributed by atoms with Crippen LogP contribution in [0, 0.1) is 11.7 Å². The molecule has 7 heteroatoms. The number of fused-ring (bicyclic) bond motifs is 1. The van der Waals surface area contributed by atoms with Crippen molar-refractivity contribution in [1.29, 1.82) is 0 Å². The minimum atomic E-state index is -0.258. The zero-order valence-corrected chi connectivity index (χ0v) is 21.9. The zero-order chi connectivity index (χ0) is 25.2. The Kier molecular flexibility index (Phi) is 7.49. The number of methoxy groups -OCH3 is 2. The Balaban J connectivity index is 1.41. The molecule has 0 spiro atoms. The molecule has 1 aromatic heterocycles. The van der Waals surface area contributed by atoms with E-state index in [9.17, 15) is 0 Å². The van der Waals surface area contributed by atoms with Gasteiger partial charge >= 0.3 is 0 Å². The molecule has 0 aliphatic carbocycles. The lowest BCUT2D eigenvalue weighted by atomic mass is 9.81. The highest BCUT2D eigenvalue weighted by Crippen LogP contribution is 2.38. The Morgan fingerprint density at radius 3 is 2.56 bits per heavy atom. The molecule has 0 amide bonds. The van der Waals surface area contributed by atoms with Gasteiger partial charge in [0.15, 0.2) is 17.3 Å². The van der Waals surface area contributed by atoms with Gasteiger partial charge in [-0.2, -0.15) is 0 Å². The fourth-order valence-corrected chi connectivity index (χ4v) is 6.22. The van der Waals surface area contributed by atoms with Crippen LogP contribution < -0.4 is 14.8 Å². The van der Waals surface area contributed by atoms with E-state index in [-0.39, 0.29) is 5.82 Å². The van der Waals surface area contributed by atoms with E-state index in [2.05, 4.69) is 40.1 Å². The topological polar surface area (TPSA) is 62.4 Å². The molecule has 0 radical (unpaired) electrons. The number of ether oxygens (including phenoxy) is 2. The smallest absolute Gasteiger partial charge is 0.161 e. The molecule has 5 rings (SSSR count).